The number of amides is 2. The molecule has 166 valence electrons. The maximum Gasteiger partial charge on any atom is 0.228 e. The van der Waals surface area contributed by atoms with Crippen molar-refractivity contribution in [2.45, 2.75) is 26.7 Å². The van der Waals surface area contributed by atoms with Gasteiger partial charge in [-0.2, -0.15) is 10.5 Å². The summed E-state index contributed by atoms with van der Waals surface area (Å²) in [5, 5.41) is 25.4. The van der Waals surface area contributed by atoms with Gasteiger partial charge in [-0.1, -0.05) is 49.4 Å². The number of benzene rings is 2. The third kappa shape index (κ3) is 4.78. The first-order valence-electron chi connectivity index (χ1n) is 10.5. The summed E-state index contributed by atoms with van der Waals surface area (Å²) in [4.78, 5) is 25.6. The minimum absolute atomic E-state index is 0.0604. The molecule has 0 aliphatic heterocycles. The van der Waals surface area contributed by atoms with E-state index in [1.165, 1.54) is 0 Å². The Bertz CT molecular complexity index is 1200. The van der Waals surface area contributed by atoms with Gasteiger partial charge in [0.05, 0.1) is 18.1 Å². The van der Waals surface area contributed by atoms with Crippen LogP contribution in [0.2, 0.25) is 0 Å². The SMILES string of the molecule is C[C@]1(C#N)C(N)=C(C#N)C(CC(=O)Nc2ccccc2)=C[C@]1(C)CC(=O)Nc1ccccc1. The van der Waals surface area contributed by atoms with E-state index in [0.717, 1.165) is 0 Å². The average molecular weight is 440 g/mol. The van der Waals surface area contributed by atoms with Crippen LogP contribution in [0.3, 0.4) is 0 Å². The zero-order valence-electron chi connectivity index (χ0n) is 18.6. The molecular formula is C26H25N5O2. The summed E-state index contributed by atoms with van der Waals surface area (Å²) in [5.41, 5.74) is 5.79. The van der Waals surface area contributed by atoms with Crippen LogP contribution in [-0.2, 0) is 9.59 Å². The number of nitrogens with one attached hydrogen (secondary N) is 2. The second-order valence-electron chi connectivity index (χ2n) is 8.41. The van der Waals surface area contributed by atoms with Crippen molar-refractivity contribution in [1.82, 2.24) is 0 Å². The quantitative estimate of drug-likeness (QED) is 0.619. The molecule has 2 amide bonds. The molecule has 2 aromatic carbocycles. The van der Waals surface area contributed by atoms with Crippen LogP contribution in [0, 0.1) is 33.5 Å². The lowest BCUT2D eigenvalue weighted by molar-refractivity contribution is -0.118. The van der Waals surface area contributed by atoms with E-state index in [2.05, 4.69) is 16.7 Å². The van der Waals surface area contributed by atoms with Crippen molar-refractivity contribution in [1.29, 1.82) is 10.5 Å². The molecular weight excluding hydrogens is 414 g/mol. The first-order valence-corrected chi connectivity index (χ1v) is 10.5. The van der Waals surface area contributed by atoms with Crippen LogP contribution in [0.5, 0.6) is 0 Å². The molecule has 0 unspecified atom stereocenters. The lowest BCUT2D eigenvalue weighted by Gasteiger charge is -2.43. The third-order valence-corrected chi connectivity index (χ3v) is 6.09. The third-order valence-electron chi connectivity index (χ3n) is 6.09. The van der Waals surface area contributed by atoms with E-state index >= 15 is 0 Å². The van der Waals surface area contributed by atoms with Crippen LogP contribution in [0.15, 0.2) is 83.6 Å². The number of nitrogens with zero attached hydrogens (tertiary/aromatic N) is 2. The van der Waals surface area contributed by atoms with Gasteiger partial charge in [-0.3, -0.25) is 9.59 Å². The van der Waals surface area contributed by atoms with Crippen molar-refractivity contribution >= 4 is 23.2 Å². The highest BCUT2D eigenvalue weighted by molar-refractivity contribution is 5.94. The Kier molecular flexibility index (Phi) is 6.65. The second-order valence-corrected chi connectivity index (χ2v) is 8.41. The fraction of sp³-hybridized carbons (Fsp3) is 0.231. The van der Waals surface area contributed by atoms with Crippen LogP contribution >= 0.6 is 0 Å². The summed E-state index contributed by atoms with van der Waals surface area (Å²) < 4.78 is 0. The van der Waals surface area contributed by atoms with Gasteiger partial charge in [-0.15, -0.1) is 0 Å². The number of anilines is 2. The van der Waals surface area contributed by atoms with Crippen molar-refractivity contribution in [3.05, 3.63) is 83.6 Å². The second kappa shape index (κ2) is 9.42. The van der Waals surface area contributed by atoms with Crippen LogP contribution in [-0.4, -0.2) is 11.8 Å². The molecule has 0 fully saturated rings. The van der Waals surface area contributed by atoms with Crippen LogP contribution in [0.4, 0.5) is 11.4 Å². The fourth-order valence-corrected chi connectivity index (χ4v) is 3.98. The molecule has 2 atom stereocenters. The van der Waals surface area contributed by atoms with Gasteiger partial charge < -0.3 is 16.4 Å². The molecule has 0 saturated carbocycles. The van der Waals surface area contributed by atoms with Crippen molar-refractivity contribution in [3.63, 3.8) is 0 Å². The Morgan fingerprint density at radius 3 is 1.91 bits per heavy atom. The number of hydrogen-bond acceptors (Lipinski definition) is 5. The van der Waals surface area contributed by atoms with Crippen molar-refractivity contribution in [2.24, 2.45) is 16.6 Å². The van der Waals surface area contributed by atoms with E-state index in [1.807, 2.05) is 18.2 Å². The van der Waals surface area contributed by atoms with Gasteiger partial charge in [0.15, 0.2) is 0 Å². The lowest BCUT2D eigenvalue weighted by Crippen LogP contribution is -2.45. The van der Waals surface area contributed by atoms with Gasteiger partial charge in [-0.05, 0) is 36.8 Å². The fourth-order valence-electron chi connectivity index (χ4n) is 3.98. The first-order chi connectivity index (χ1) is 15.7. The molecule has 0 aromatic heterocycles. The van der Waals surface area contributed by atoms with E-state index in [-0.39, 0.29) is 35.9 Å². The predicted molar refractivity (Wildman–Crippen MR) is 126 cm³/mol. The van der Waals surface area contributed by atoms with E-state index < -0.39 is 10.8 Å². The minimum atomic E-state index is -1.31. The van der Waals surface area contributed by atoms with E-state index in [0.29, 0.717) is 16.9 Å². The highest BCUT2D eigenvalue weighted by Gasteiger charge is 2.51. The topological polar surface area (TPSA) is 132 Å². The molecule has 0 heterocycles. The van der Waals surface area contributed by atoms with Gasteiger partial charge in [0.25, 0.3) is 0 Å². The van der Waals surface area contributed by atoms with Crippen LogP contribution in [0.25, 0.3) is 0 Å². The largest absolute Gasteiger partial charge is 0.400 e. The number of carbonyl (C=O) groups excluding carboxylic acids is 2. The first kappa shape index (κ1) is 23.3. The molecule has 0 saturated heterocycles. The predicted octanol–water partition coefficient (Wildman–Crippen LogP) is 4.26. The number of nitriles is 2. The lowest BCUT2D eigenvalue weighted by atomic mass is 9.58. The summed E-state index contributed by atoms with van der Waals surface area (Å²) in [6.07, 6.45) is 1.51. The van der Waals surface area contributed by atoms with Crippen LogP contribution in [0.1, 0.15) is 26.7 Å². The standard InChI is InChI=1S/C26H25N5O2/c1-25(15-23(33)31-20-11-7-4-8-12-20)14-18(21(16-27)24(29)26(25,2)17-28)13-22(32)30-19-9-5-3-6-10-19/h3-12,14H,13,15,29H2,1-2H3,(H,30,32)(H,31,33)/t25-,26+/m1/s1. The van der Waals surface area contributed by atoms with Crippen molar-refractivity contribution < 1.29 is 9.59 Å². The molecule has 1 aliphatic carbocycles. The number of hydrogen-bond donors (Lipinski definition) is 3. The van der Waals surface area contributed by atoms with E-state index in [4.69, 9.17) is 5.73 Å². The molecule has 7 nitrogen and oxygen atoms in total. The molecule has 4 N–H and O–H groups in total. The zero-order valence-corrected chi connectivity index (χ0v) is 18.6. The van der Waals surface area contributed by atoms with Gasteiger partial charge in [0.2, 0.25) is 11.8 Å². The monoisotopic (exact) mass is 439 g/mol. The number of nitrogens with two attached hydrogens (primary N) is 1. The minimum Gasteiger partial charge on any atom is -0.400 e. The molecule has 33 heavy (non-hydrogen) atoms. The number of allylic oxidation sites excluding steroid dienone is 3. The number of rotatable bonds is 6. The number of carbonyl (C=O) groups is 2. The van der Waals surface area contributed by atoms with Crippen LogP contribution < -0.4 is 16.4 Å². The molecule has 0 spiro atoms. The summed E-state index contributed by atoms with van der Waals surface area (Å²) in [7, 11) is 0. The highest BCUT2D eigenvalue weighted by atomic mass is 16.2. The Balaban J connectivity index is 1.91. The summed E-state index contributed by atoms with van der Waals surface area (Å²) >= 11 is 0. The molecule has 0 bridgehead atoms. The van der Waals surface area contributed by atoms with Gasteiger partial charge >= 0.3 is 0 Å². The average Bonchev–Trinajstić information content (AvgIpc) is 2.79. The highest BCUT2D eigenvalue weighted by Crippen LogP contribution is 2.52. The maximum absolute atomic E-state index is 12.9. The Morgan fingerprint density at radius 2 is 1.42 bits per heavy atom. The zero-order chi connectivity index (χ0) is 24.1. The number of para-hydroxylation sites is 2. The summed E-state index contributed by atoms with van der Waals surface area (Å²) in [5.74, 6) is -0.632. The van der Waals surface area contributed by atoms with Crippen molar-refractivity contribution in [3.8, 4) is 12.1 Å². The van der Waals surface area contributed by atoms with Gasteiger partial charge in [0.1, 0.15) is 11.5 Å². The smallest absolute Gasteiger partial charge is 0.228 e. The summed E-state index contributed by atoms with van der Waals surface area (Å²) in [6, 6.07) is 22.2. The Labute approximate surface area is 193 Å². The Hall–Kier alpha value is -4.36. The molecule has 7 heteroatoms. The molecule has 3 rings (SSSR count). The summed E-state index contributed by atoms with van der Waals surface area (Å²) in [6.45, 7) is 3.36. The molecule has 0 radical (unpaired) electrons. The normalized spacial score (nSPS) is 21.9. The van der Waals surface area contributed by atoms with E-state index in [1.54, 1.807) is 68.5 Å². The molecule has 2 aromatic rings. The Morgan fingerprint density at radius 1 is 0.909 bits per heavy atom. The van der Waals surface area contributed by atoms with Gasteiger partial charge in [0, 0.05) is 28.9 Å². The van der Waals surface area contributed by atoms with Crippen molar-refractivity contribution in [2.75, 3.05) is 10.6 Å². The van der Waals surface area contributed by atoms with Gasteiger partial charge in [-0.25, -0.2) is 0 Å². The molecule has 1 aliphatic rings. The van der Waals surface area contributed by atoms with E-state index in [9.17, 15) is 20.1 Å². The maximum atomic E-state index is 12.9.